The van der Waals surface area contributed by atoms with Gasteiger partial charge in [-0.05, 0) is 74.4 Å². The highest BCUT2D eigenvalue weighted by molar-refractivity contribution is 6.31. The lowest BCUT2D eigenvalue weighted by atomic mass is 9.91. The Kier molecular flexibility index (Phi) is 5.10. The molecule has 0 radical (unpaired) electrons. The van der Waals surface area contributed by atoms with E-state index in [0.717, 1.165) is 29.8 Å². The molecule has 1 amide bonds. The molecule has 0 aromatic heterocycles. The lowest BCUT2D eigenvalue weighted by Crippen LogP contribution is -2.30. The molecule has 2 aromatic rings. The third-order valence-corrected chi connectivity index (χ3v) is 4.96. The van der Waals surface area contributed by atoms with Gasteiger partial charge < -0.3 is 10.1 Å². The molecule has 1 N–H and O–H groups in total. The maximum Gasteiger partial charge on any atom is 0.265 e. The largest absolute Gasteiger partial charge is 0.481 e. The fourth-order valence-electron chi connectivity index (χ4n) is 3.08. The number of rotatable bonds is 4. The topological polar surface area (TPSA) is 38.3 Å². The van der Waals surface area contributed by atoms with E-state index in [-0.39, 0.29) is 5.91 Å². The molecule has 0 aliphatic heterocycles. The minimum absolute atomic E-state index is 0.172. The van der Waals surface area contributed by atoms with Gasteiger partial charge in [0.15, 0.2) is 6.10 Å². The molecule has 0 heterocycles. The van der Waals surface area contributed by atoms with Gasteiger partial charge in [0.25, 0.3) is 5.91 Å². The molecule has 3 rings (SSSR count). The second-order valence-electron chi connectivity index (χ2n) is 6.26. The molecule has 1 aliphatic rings. The van der Waals surface area contributed by atoms with Gasteiger partial charge in [-0.25, -0.2) is 0 Å². The first-order valence-electron chi connectivity index (χ1n) is 8.39. The van der Waals surface area contributed by atoms with Crippen molar-refractivity contribution in [3.05, 3.63) is 58.1 Å². The van der Waals surface area contributed by atoms with Crippen molar-refractivity contribution in [1.82, 2.24) is 0 Å². The van der Waals surface area contributed by atoms with Crippen molar-refractivity contribution >= 4 is 23.2 Å². The van der Waals surface area contributed by atoms with E-state index in [4.69, 9.17) is 16.3 Å². The number of halogens is 1. The molecule has 0 fully saturated rings. The maximum atomic E-state index is 12.5. The SMILES string of the molecule is Cc1c(Cl)cccc1NC(=O)C(C)Oc1cccc2c1CCCC2. The van der Waals surface area contributed by atoms with Crippen molar-refractivity contribution in [2.75, 3.05) is 5.32 Å². The van der Waals surface area contributed by atoms with Gasteiger partial charge in [0.2, 0.25) is 0 Å². The minimum Gasteiger partial charge on any atom is -0.481 e. The van der Waals surface area contributed by atoms with E-state index in [2.05, 4.69) is 11.4 Å². The van der Waals surface area contributed by atoms with Crippen LogP contribution in [0.25, 0.3) is 0 Å². The third kappa shape index (κ3) is 3.57. The summed E-state index contributed by atoms with van der Waals surface area (Å²) in [4.78, 5) is 12.5. The van der Waals surface area contributed by atoms with E-state index in [1.807, 2.05) is 37.3 Å². The number of nitrogens with one attached hydrogen (secondary N) is 1. The number of benzene rings is 2. The van der Waals surface area contributed by atoms with E-state index in [9.17, 15) is 4.79 Å². The first-order chi connectivity index (χ1) is 11.6. The summed E-state index contributed by atoms with van der Waals surface area (Å²) in [6.07, 6.45) is 3.94. The van der Waals surface area contributed by atoms with Gasteiger partial charge >= 0.3 is 0 Å². The van der Waals surface area contributed by atoms with Gasteiger partial charge in [-0.15, -0.1) is 0 Å². The number of amides is 1. The number of hydrogen-bond donors (Lipinski definition) is 1. The summed E-state index contributed by atoms with van der Waals surface area (Å²) in [6, 6.07) is 11.6. The van der Waals surface area contributed by atoms with E-state index in [1.165, 1.54) is 24.0 Å². The summed E-state index contributed by atoms with van der Waals surface area (Å²) >= 11 is 6.10. The van der Waals surface area contributed by atoms with Crippen molar-refractivity contribution in [2.24, 2.45) is 0 Å². The molecule has 24 heavy (non-hydrogen) atoms. The molecule has 2 aromatic carbocycles. The molecule has 4 heteroatoms. The summed E-state index contributed by atoms with van der Waals surface area (Å²) in [5.74, 6) is 0.659. The van der Waals surface area contributed by atoms with Gasteiger partial charge in [0.1, 0.15) is 5.75 Å². The minimum atomic E-state index is -0.572. The van der Waals surface area contributed by atoms with Crippen molar-refractivity contribution < 1.29 is 9.53 Å². The van der Waals surface area contributed by atoms with Gasteiger partial charge in [-0.3, -0.25) is 4.79 Å². The molecule has 0 saturated heterocycles. The quantitative estimate of drug-likeness (QED) is 0.854. The number of fused-ring (bicyclic) bond motifs is 1. The zero-order valence-electron chi connectivity index (χ0n) is 14.1. The number of anilines is 1. The molecule has 0 spiro atoms. The van der Waals surface area contributed by atoms with Crippen LogP contribution >= 0.6 is 11.6 Å². The highest BCUT2D eigenvalue weighted by atomic mass is 35.5. The first kappa shape index (κ1) is 16.8. The Balaban J connectivity index is 1.72. The molecule has 1 aliphatic carbocycles. The van der Waals surface area contributed by atoms with Crippen LogP contribution in [0.2, 0.25) is 5.02 Å². The molecule has 0 bridgehead atoms. The van der Waals surface area contributed by atoms with Gasteiger partial charge in [-0.1, -0.05) is 29.8 Å². The molecule has 1 unspecified atom stereocenters. The normalized spacial score (nSPS) is 14.6. The number of carbonyl (C=O) groups excluding carboxylic acids is 1. The predicted molar refractivity (Wildman–Crippen MR) is 98.0 cm³/mol. The Morgan fingerprint density at radius 2 is 1.92 bits per heavy atom. The van der Waals surface area contributed by atoms with Crippen LogP contribution in [-0.2, 0) is 17.6 Å². The van der Waals surface area contributed by atoms with E-state index < -0.39 is 6.10 Å². The van der Waals surface area contributed by atoms with E-state index in [0.29, 0.717) is 5.02 Å². The maximum absolute atomic E-state index is 12.5. The van der Waals surface area contributed by atoms with Crippen LogP contribution < -0.4 is 10.1 Å². The fraction of sp³-hybridized carbons (Fsp3) is 0.350. The Morgan fingerprint density at radius 3 is 2.75 bits per heavy atom. The second-order valence-corrected chi connectivity index (χ2v) is 6.67. The second kappa shape index (κ2) is 7.27. The number of aryl methyl sites for hydroxylation is 1. The first-order valence-corrected chi connectivity index (χ1v) is 8.77. The Morgan fingerprint density at radius 1 is 1.17 bits per heavy atom. The van der Waals surface area contributed by atoms with Crippen molar-refractivity contribution in [3.63, 3.8) is 0 Å². The van der Waals surface area contributed by atoms with Crippen LogP contribution in [0.15, 0.2) is 36.4 Å². The average molecular weight is 344 g/mol. The van der Waals surface area contributed by atoms with E-state index >= 15 is 0 Å². The Hall–Kier alpha value is -2.00. The van der Waals surface area contributed by atoms with Crippen LogP contribution in [-0.4, -0.2) is 12.0 Å². The lowest BCUT2D eigenvalue weighted by molar-refractivity contribution is -0.122. The van der Waals surface area contributed by atoms with Gasteiger partial charge in [-0.2, -0.15) is 0 Å². The van der Waals surface area contributed by atoms with Crippen molar-refractivity contribution in [2.45, 2.75) is 45.6 Å². The summed E-state index contributed by atoms with van der Waals surface area (Å²) < 4.78 is 5.97. The predicted octanol–water partition coefficient (Wildman–Crippen LogP) is 4.93. The standard InChI is InChI=1S/C20H22ClNO2/c1-13-17(21)10-6-11-18(13)22-20(23)14(2)24-19-12-5-8-15-7-3-4-9-16(15)19/h5-6,8,10-12,14H,3-4,7,9H2,1-2H3,(H,22,23). The van der Waals surface area contributed by atoms with Crippen LogP contribution in [0.5, 0.6) is 5.75 Å². The summed E-state index contributed by atoms with van der Waals surface area (Å²) in [7, 11) is 0. The monoisotopic (exact) mass is 343 g/mol. The molecular formula is C20H22ClNO2. The van der Waals surface area contributed by atoms with Crippen molar-refractivity contribution in [3.8, 4) is 5.75 Å². The molecule has 3 nitrogen and oxygen atoms in total. The molecule has 126 valence electrons. The summed E-state index contributed by atoms with van der Waals surface area (Å²) in [5, 5.41) is 3.54. The number of carbonyl (C=O) groups is 1. The van der Waals surface area contributed by atoms with Gasteiger partial charge in [0, 0.05) is 10.7 Å². The lowest BCUT2D eigenvalue weighted by Gasteiger charge is -2.22. The van der Waals surface area contributed by atoms with Crippen LogP contribution in [0.1, 0.15) is 36.5 Å². The average Bonchev–Trinajstić information content (AvgIpc) is 2.59. The van der Waals surface area contributed by atoms with Crippen LogP contribution in [0, 0.1) is 6.92 Å². The molecular weight excluding hydrogens is 322 g/mol. The summed E-state index contributed by atoms with van der Waals surface area (Å²) in [5.41, 5.74) is 4.18. The number of hydrogen-bond acceptors (Lipinski definition) is 2. The molecule has 1 atom stereocenters. The van der Waals surface area contributed by atoms with Crippen LogP contribution in [0.3, 0.4) is 0 Å². The van der Waals surface area contributed by atoms with E-state index in [1.54, 1.807) is 6.92 Å². The smallest absolute Gasteiger partial charge is 0.265 e. The van der Waals surface area contributed by atoms with Gasteiger partial charge in [0.05, 0.1) is 0 Å². The zero-order valence-corrected chi connectivity index (χ0v) is 14.8. The fourth-order valence-corrected chi connectivity index (χ4v) is 3.25. The molecule has 0 saturated carbocycles. The third-order valence-electron chi connectivity index (χ3n) is 4.55. The van der Waals surface area contributed by atoms with Crippen molar-refractivity contribution in [1.29, 1.82) is 0 Å². The Labute approximate surface area is 148 Å². The zero-order chi connectivity index (χ0) is 17.1. The Bertz CT molecular complexity index is 757. The number of ether oxygens (including phenoxy) is 1. The highest BCUT2D eigenvalue weighted by Gasteiger charge is 2.20. The highest BCUT2D eigenvalue weighted by Crippen LogP contribution is 2.30. The van der Waals surface area contributed by atoms with Crippen LogP contribution in [0.4, 0.5) is 5.69 Å². The summed E-state index contributed by atoms with van der Waals surface area (Å²) in [6.45, 7) is 3.66.